The van der Waals surface area contributed by atoms with Gasteiger partial charge in [0.15, 0.2) is 0 Å². The molecule has 1 N–H and O–H groups in total. The molecular weight excluding hydrogens is 196 g/mol. The van der Waals surface area contributed by atoms with Crippen molar-refractivity contribution in [3.8, 4) is 0 Å². The maximum Gasteiger partial charge on any atom is 0.0790 e. The van der Waals surface area contributed by atoms with Crippen LogP contribution in [0, 0.1) is 13.8 Å². The minimum absolute atomic E-state index is 0.352. The topological polar surface area (TPSA) is 20.2 Å². The quantitative estimate of drug-likeness (QED) is 0.809. The van der Waals surface area contributed by atoms with Crippen LogP contribution in [-0.4, -0.2) is 5.11 Å². The van der Waals surface area contributed by atoms with Crippen molar-refractivity contribution in [1.82, 2.24) is 0 Å². The fourth-order valence-electron chi connectivity index (χ4n) is 1.61. The number of benzene rings is 1. The van der Waals surface area contributed by atoms with Gasteiger partial charge in [0.1, 0.15) is 0 Å². The molecule has 2 heteroatoms. The van der Waals surface area contributed by atoms with Gasteiger partial charge in [-0.15, -0.1) is 0 Å². The van der Waals surface area contributed by atoms with Gasteiger partial charge in [-0.05, 0) is 37.0 Å². The van der Waals surface area contributed by atoms with Crippen LogP contribution >= 0.6 is 11.6 Å². The molecule has 0 amide bonds. The van der Waals surface area contributed by atoms with E-state index in [2.05, 4.69) is 6.92 Å². The number of aryl methyl sites for hydroxylation is 2. The van der Waals surface area contributed by atoms with E-state index in [1.165, 1.54) is 0 Å². The third-order valence-electron chi connectivity index (χ3n) is 2.41. The Labute approximate surface area is 90.7 Å². The van der Waals surface area contributed by atoms with Gasteiger partial charge in [-0.1, -0.05) is 37.1 Å². The van der Waals surface area contributed by atoms with Crippen molar-refractivity contribution in [2.45, 2.75) is 39.7 Å². The van der Waals surface area contributed by atoms with Crippen molar-refractivity contribution in [3.63, 3.8) is 0 Å². The van der Waals surface area contributed by atoms with Crippen LogP contribution in [0.2, 0.25) is 5.02 Å². The number of aliphatic hydroxyl groups is 1. The van der Waals surface area contributed by atoms with Crippen LogP contribution < -0.4 is 0 Å². The highest BCUT2D eigenvalue weighted by Gasteiger charge is 2.09. The largest absolute Gasteiger partial charge is 0.388 e. The first-order valence-electron chi connectivity index (χ1n) is 5.01. The maximum atomic E-state index is 9.82. The molecule has 1 aromatic rings. The number of aliphatic hydroxyl groups excluding tert-OH is 1. The van der Waals surface area contributed by atoms with Crippen molar-refractivity contribution in [3.05, 3.63) is 33.8 Å². The monoisotopic (exact) mass is 212 g/mol. The lowest BCUT2D eigenvalue weighted by Gasteiger charge is -2.12. The zero-order chi connectivity index (χ0) is 10.7. The Kier molecular flexibility index (Phi) is 3.97. The Morgan fingerprint density at radius 3 is 2.21 bits per heavy atom. The van der Waals surface area contributed by atoms with Crippen LogP contribution in [0.4, 0.5) is 0 Å². The summed E-state index contributed by atoms with van der Waals surface area (Å²) in [4.78, 5) is 0. The summed E-state index contributed by atoms with van der Waals surface area (Å²) in [5, 5.41) is 10.6. The summed E-state index contributed by atoms with van der Waals surface area (Å²) in [6, 6.07) is 3.94. The van der Waals surface area contributed by atoms with E-state index in [9.17, 15) is 5.11 Å². The standard InChI is InChI=1S/C12H17ClO/c1-4-5-11(14)10-6-8(2)12(13)9(3)7-10/h6-7,11,14H,4-5H2,1-3H3/t11-/m0/s1. The highest BCUT2D eigenvalue weighted by molar-refractivity contribution is 6.32. The Morgan fingerprint density at radius 2 is 1.79 bits per heavy atom. The van der Waals surface area contributed by atoms with Crippen LogP contribution in [0.25, 0.3) is 0 Å². The number of hydrogen-bond acceptors (Lipinski definition) is 1. The van der Waals surface area contributed by atoms with Gasteiger partial charge in [-0.3, -0.25) is 0 Å². The van der Waals surface area contributed by atoms with Crippen LogP contribution in [0.3, 0.4) is 0 Å². The molecule has 1 nitrogen and oxygen atoms in total. The minimum atomic E-state index is -0.352. The molecule has 1 rings (SSSR count). The summed E-state index contributed by atoms with van der Waals surface area (Å²) in [7, 11) is 0. The van der Waals surface area contributed by atoms with Crippen molar-refractivity contribution in [2.24, 2.45) is 0 Å². The van der Waals surface area contributed by atoms with E-state index in [4.69, 9.17) is 11.6 Å². The molecule has 1 atom stereocenters. The minimum Gasteiger partial charge on any atom is -0.388 e. The predicted octanol–water partition coefficient (Wildman–Crippen LogP) is 3.79. The fraction of sp³-hybridized carbons (Fsp3) is 0.500. The Hall–Kier alpha value is -0.530. The van der Waals surface area contributed by atoms with Crippen LogP contribution in [0.1, 0.15) is 42.6 Å². The molecule has 0 bridgehead atoms. The Balaban J connectivity index is 3.00. The molecule has 0 fully saturated rings. The van der Waals surface area contributed by atoms with E-state index in [0.717, 1.165) is 34.6 Å². The third-order valence-corrected chi connectivity index (χ3v) is 3.00. The van der Waals surface area contributed by atoms with Gasteiger partial charge < -0.3 is 5.11 Å². The second-order valence-corrected chi connectivity index (χ2v) is 4.15. The summed E-state index contributed by atoms with van der Waals surface area (Å²) in [6.07, 6.45) is 1.44. The normalized spacial score (nSPS) is 12.9. The molecule has 0 aliphatic rings. The van der Waals surface area contributed by atoms with Crippen molar-refractivity contribution in [1.29, 1.82) is 0 Å². The first kappa shape index (κ1) is 11.5. The van der Waals surface area contributed by atoms with Gasteiger partial charge in [0.25, 0.3) is 0 Å². The average molecular weight is 213 g/mol. The molecule has 0 aromatic heterocycles. The predicted molar refractivity (Wildman–Crippen MR) is 60.8 cm³/mol. The van der Waals surface area contributed by atoms with E-state index >= 15 is 0 Å². The summed E-state index contributed by atoms with van der Waals surface area (Å²) in [5.74, 6) is 0. The van der Waals surface area contributed by atoms with E-state index in [0.29, 0.717) is 0 Å². The molecule has 0 aliphatic heterocycles. The van der Waals surface area contributed by atoms with Crippen LogP contribution in [-0.2, 0) is 0 Å². The van der Waals surface area contributed by atoms with Gasteiger partial charge in [0.2, 0.25) is 0 Å². The summed E-state index contributed by atoms with van der Waals surface area (Å²) in [5.41, 5.74) is 3.06. The molecule has 14 heavy (non-hydrogen) atoms. The second-order valence-electron chi connectivity index (χ2n) is 3.77. The molecule has 0 heterocycles. The molecule has 78 valence electrons. The van der Waals surface area contributed by atoms with Gasteiger partial charge in [0, 0.05) is 5.02 Å². The van der Waals surface area contributed by atoms with Crippen molar-refractivity contribution >= 4 is 11.6 Å². The first-order chi connectivity index (χ1) is 6.56. The average Bonchev–Trinajstić information content (AvgIpc) is 2.13. The Morgan fingerprint density at radius 1 is 1.29 bits per heavy atom. The van der Waals surface area contributed by atoms with Crippen LogP contribution in [0.15, 0.2) is 12.1 Å². The molecule has 0 unspecified atom stereocenters. The van der Waals surface area contributed by atoms with E-state index in [1.54, 1.807) is 0 Å². The van der Waals surface area contributed by atoms with Gasteiger partial charge in [-0.2, -0.15) is 0 Å². The molecular formula is C12H17ClO. The smallest absolute Gasteiger partial charge is 0.0790 e. The highest BCUT2D eigenvalue weighted by Crippen LogP contribution is 2.26. The molecule has 0 radical (unpaired) electrons. The third kappa shape index (κ3) is 2.49. The zero-order valence-electron chi connectivity index (χ0n) is 8.97. The van der Waals surface area contributed by atoms with Gasteiger partial charge in [0.05, 0.1) is 6.10 Å². The summed E-state index contributed by atoms with van der Waals surface area (Å²) in [6.45, 7) is 6.01. The number of hydrogen-bond donors (Lipinski definition) is 1. The first-order valence-corrected chi connectivity index (χ1v) is 5.38. The highest BCUT2D eigenvalue weighted by atomic mass is 35.5. The summed E-state index contributed by atoms with van der Waals surface area (Å²) < 4.78 is 0. The van der Waals surface area contributed by atoms with E-state index in [-0.39, 0.29) is 6.10 Å². The van der Waals surface area contributed by atoms with Crippen molar-refractivity contribution in [2.75, 3.05) is 0 Å². The van der Waals surface area contributed by atoms with Gasteiger partial charge >= 0.3 is 0 Å². The zero-order valence-corrected chi connectivity index (χ0v) is 9.73. The number of halogens is 1. The van der Waals surface area contributed by atoms with E-state index < -0.39 is 0 Å². The Bertz CT molecular complexity index is 297. The molecule has 0 aliphatic carbocycles. The number of rotatable bonds is 3. The molecule has 0 saturated carbocycles. The molecule has 0 saturated heterocycles. The molecule has 0 spiro atoms. The molecule has 1 aromatic carbocycles. The maximum absolute atomic E-state index is 9.82. The lowest BCUT2D eigenvalue weighted by atomic mass is 10.0. The lowest BCUT2D eigenvalue weighted by molar-refractivity contribution is 0.166. The second kappa shape index (κ2) is 4.81. The van der Waals surface area contributed by atoms with Crippen molar-refractivity contribution < 1.29 is 5.11 Å². The van der Waals surface area contributed by atoms with Gasteiger partial charge in [-0.25, -0.2) is 0 Å². The summed E-state index contributed by atoms with van der Waals surface area (Å²) >= 11 is 6.05. The SMILES string of the molecule is CCC[C@H](O)c1cc(C)c(Cl)c(C)c1. The lowest BCUT2D eigenvalue weighted by Crippen LogP contribution is -1.98. The fourth-order valence-corrected chi connectivity index (χ4v) is 1.72. The van der Waals surface area contributed by atoms with Crippen LogP contribution in [0.5, 0.6) is 0 Å². The van der Waals surface area contributed by atoms with E-state index in [1.807, 2.05) is 26.0 Å².